The van der Waals surface area contributed by atoms with Crippen molar-refractivity contribution in [3.05, 3.63) is 83.9 Å². The number of hydrogen-bond donors (Lipinski definition) is 3. The molecule has 0 saturated carbocycles. The summed E-state index contributed by atoms with van der Waals surface area (Å²) in [6.07, 6.45) is -1.50. The van der Waals surface area contributed by atoms with E-state index in [4.69, 9.17) is 0 Å². The summed E-state index contributed by atoms with van der Waals surface area (Å²) in [7, 11) is 0. The third kappa shape index (κ3) is 6.11. The average Bonchev–Trinajstić information content (AvgIpc) is 2.85. The standard InChI is InChI=1S/C26H25F3N4O2/c27-26(28,29)20-11-5-6-12-21(20)31-25(35)32-22-17-19(30-24(34)18-9-3-1-4-10-18)13-14-23(22)33-15-7-2-8-16-33/h1,3-6,9-14,17H,2,7-8,15-16H2,(H,30,34)(H2,31,32,35). The highest BCUT2D eigenvalue weighted by molar-refractivity contribution is 6.06. The zero-order valence-corrected chi connectivity index (χ0v) is 18.9. The van der Waals surface area contributed by atoms with Crippen LogP contribution in [0.5, 0.6) is 0 Å². The third-order valence-electron chi connectivity index (χ3n) is 5.72. The van der Waals surface area contributed by atoms with Crippen molar-refractivity contribution in [3.8, 4) is 0 Å². The van der Waals surface area contributed by atoms with E-state index < -0.39 is 17.8 Å². The van der Waals surface area contributed by atoms with Crippen LogP contribution in [0, 0.1) is 0 Å². The Balaban J connectivity index is 1.58. The van der Waals surface area contributed by atoms with Gasteiger partial charge in [0, 0.05) is 24.3 Å². The number of hydrogen-bond acceptors (Lipinski definition) is 3. The fourth-order valence-corrected chi connectivity index (χ4v) is 4.03. The molecule has 3 amide bonds. The van der Waals surface area contributed by atoms with E-state index in [1.165, 1.54) is 18.2 Å². The van der Waals surface area contributed by atoms with Gasteiger partial charge in [0.15, 0.2) is 0 Å². The number of carbonyl (C=O) groups is 2. The molecule has 0 spiro atoms. The first-order valence-corrected chi connectivity index (χ1v) is 11.3. The summed E-state index contributed by atoms with van der Waals surface area (Å²) in [5, 5.41) is 7.79. The average molecular weight is 483 g/mol. The first kappa shape index (κ1) is 24.1. The van der Waals surface area contributed by atoms with Crippen molar-refractivity contribution < 1.29 is 22.8 Å². The van der Waals surface area contributed by atoms with Crippen LogP contribution in [-0.2, 0) is 6.18 Å². The summed E-state index contributed by atoms with van der Waals surface area (Å²) in [5.41, 5.74) is 0.775. The van der Waals surface area contributed by atoms with E-state index in [0.29, 0.717) is 16.9 Å². The fourth-order valence-electron chi connectivity index (χ4n) is 4.03. The second kappa shape index (κ2) is 10.5. The number of rotatable bonds is 5. The lowest BCUT2D eigenvalue weighted by molar-refractivity contribution is -0.136. The molecule has 1 saturated heterocycles. The van der Waals surface area contributed by atoms with Gasteiger partial charge in [-0.15, -0.1) is 0 Å². The number of nitrogens with zero attached hydrogens (tertiary/aromatic N) is 1. The summed E-state index contributed by atoms with van der Waals surface area (Å²) < 4.78 is 40.0. The summed E-state index contributed by atoms with van der Waals surface area (Å²) in [6, 6.07) is 17.8. The Morgan fingerprint density at radius 3 is 2.11 bits per heavy atom. The van der Waals surface area contributed by atoms with Gasteiger partial charge in [-0.25, -0.2) is 4.79 Å². The van der Waals surface area contributed by atoms with Crippen molar-refractivity contribution in [2.75, 3.05) is 33.9 Å². The number of anilines is 4. The van der Waals surface area contributed by atoms with E-state index in [2.05, 4.69) is 20.9 Å². The molecule has 6 nitrogen and oxygen atoms in total. The zero-order valence-electron chi connectivity index (χ0n) is 18.9. The Morgan fingerprint density at radius 1 is 0.743 bits per heavy atom. The molecule has 0 radical (unpaired) electrons. The van der Waals surface area contributed by atoms with Gasteiger partial charge in [0.05, 0.1) is 22.6 Å². The van der Waals surface area contributed by atoms with Crippen LogP contribution in [0.2, 0.25) is 0 Å². The van der Waals surface area contributed by atoms with Gasteiger partial charge in [-0.2, -0.15) is 13.2 Å². The van der Waals surface area contributed by atoms with Gasteiger partial charge >= 0.3 is 12.2 Å². The molecule has 0 aromatic heterocycles. The van der Waals surface area contributed by atoms with E-state index in [1.807, 2.05) is 6.07 Å². The van der Waals surface area contributed by atoms with Gasteiger partial charge in [-0.05, 0) is 61.7 Å². The molecule has 0 bridgehead atoms. The van der Waals surface area contributed by atoms with Crippen molar-refractivity contribution in [3.63, 3.8) is 0 Å². The van der Waals surface area contributed by atoms with Crippen molar-refractivity contribution in [2.24, 2.45) is 0 Å². The van der Waals surface area contributed by atoms with Crippen molar-refractivity contribution in [2.45, 2.75) is 25.4 Å². The summed E-state index contributed by atoms with van der Waals surface area (Å²) in [4.78, 5) is 27.5. The highest BCUT2D eigenvalue weighted by Crippen LogP contribution is 2.35. The van der Waals surface area contributed by atoms with E-state index in [0.717, 1.165) is 44.1 Å². The maximum Gasteiger partial charge on any atom is 0.418 e. The Kier molecular flexibility index (Phi) is 7.24. The maximum absolute atomic E-state index is 13.3. The first-order valence-electron chi connectivity index (χ1n) is 11.3. The predicted molar refractivity (Wildman–Crippen MR) is 131 cm³/mol. The molecule has 0 unspecified atom stereocenters. The predicted octanol–water partition coefficient (Wildman–Crippen LogP) is 6.59. The van der Waals surface area contributed by atoms with Crippen LogP contribution in [0.25, 0.3) is 0 Å². The number of piperidine rings is 1. The maximum atomic E-state index is 13.3. The summed E-state index contributed by atoms with van der Waals surface area (Å²) in [5.74, 6) is -0.314. The summed E-state index contributed by atoms with van der Waals surface area (Å²) >= 11 is 0. The minimum absolute atomic E-state index is 0.314. The van der Waals surface area contributed by atoms with Crippen LogP contribution < -0.4 is 20.9 Å². The van der Waals surface area contributed by atoms with Gasteiger partial charge in [0.1, 0.15) is 0 Å². The molecule has 1 aliphatic rings. The minimum Gasteiger partial charge on any atom is -0.370 e. The fraction of sp³-hybridized carbons (Fsp3) is 0.231. The number of para-hydroxylation sites is 1. The molecule has 1 heterocycles. The van der Waals surface area contributed by atoms with E-state index in [1.54, 1.807) is 42.5 Å². The van der Waals surface area contributed by atoms with Crippen LogP contribution in [0.4, 0.5) is 40.7 Å². The van der Waals surface area contributed by atoms with Crippen LogP contribution in [-0.4, -0.2) is 25.0 Å². The molecule has 9 heteroatoms. The van der Waals surface area contributed by atoms with Crippen molar-refractivity contribution in [1.82, 2.24) is 0 Å². The topological polar surface area (TPSA) is 73.5 Å². The van der Waals surface area contributed by atoms with E-state index in [-0.39, 0.29) is 11.6 Å². The molecule has 35 heavy (non-hydrogen) atoms. The molecule has 1 fully saturated rings. The Morgan fingerprint density at radius 2 is 1.40 bits per heavy atom. The quantitative estimate of drug-likeness (QED) is 0.384. The number of carbonyl (C=O) groups excluding carboxylic acids is 2. The molecule has 182 valence electrons. The second-order valence-corrected chi connectivity index (χ2v) is 8.22. The smallest absolute Gasteiger partial charge is 0.370 e. The Bertz CT molecular complexity index is 1190. The number of urea groups is 1. The van der Waals surface area contributed by atoms with E-state index >= 15 is 0 Å². The van der Waals surface area contributed by atoms with Crippen LogP contribution in [0.1, 0.15) is 35.2 Å². The van der Waals surface area contributed by atoms with Gasteiger partial charge in [0.2, 0.25) is 0 Å². The normalized spacial score (nSPS) is 13.7. The largest absolute Gasteiger partial charge is 0.418 e. The number of alkyl halides is 3. The van der Waals surface area contributed by atoms with E-state index in [9.17, 15) is 22.8 Å². The Labute approximate surface area is 201 Å². The Hall–Kier alpha value is -4.01. The SMILES string of the molecule is O=C(Nc1cc(NC(=O)c2ccccc2)ccc1N1CCCCC1)Nc1ccccc1C(F)(F)F. The van der Waals surface area contributed by atoms with Crippen LogP contribution in [0.15, 0.2) is 72.8 Å². The number of amides is 3. The third-order valence-corrected chi connectivity index (χ3v) is 5.72. The van der Waals surface area contributed by atoms with Gasteiger partial charge in [-0.3, -0.25) is 4.79 Å². The lowest BCUT2D eigenvalue weighted by atomic mass is 10.1. The molecule has 3 aromatic carbocycles. The van der Waals surface area contributed by atoms with Gasteiger partial charge < -0.3 is 20.9 Å². The van der Waals surface area contributed by atoms with Crippen molar-refractivity contribution >= 4 is 34.7 Å². The van der Waals surface area contributed by atoms with Crippen LogP contribution in [0.3, 0.4) is 0 Å². The lowest BCUT2D eigenvalue weighted by Crippen LogP contribution is -2.31. The second-order valence-electron chi connectivity index (χ2n) is 8.22. The van der Waals surface area contributed by atoms with Gasteiger partial charge in [0.25, 0.3) is 5.91 Å². The monoisotopic (exact) mass is 482 g/mol. The number of halogens is 3. The number of nitrogens with one attached hydrogen (secondary N) is 3. The van der Waals surface area contributed by atoms with Crippen molar-refractivity contribution in [1.29, 1.82) is 0 Å². The highest BCUT2D eigenvalue weighted by atomic mass is 19.4. The lowest BCUT2D eigenvalue weighted by Gasteiger charge is -2.31. The minimum atomic E-state index is -4.61. The van der Waals surface area contributed by atoms with Gasteiger partial charge in [-0.1, -0.05) is 30.3 Å². The molecular weight excluding hydrogens is 457 g/mol. The number of benzene rings is 3. The molecule has 3 N–H and O–H groups in total. The molecule has 3 aromatic rings. The van der Waals surface area contributed by atoms with Crippen LogP contribution >= 0.6 is 0 Å². The molecular formula is C26H25F3N4O2. The highest BCUT2D eigenvalue weighted by Gasteiger charge is 2.33. The molecule has 4 rings (SSSR count). The first-order chi connectivity index (χ1) is 16.8. The summed E-state index contributed by atoms with van der Waals surface area (Å²) in [6.45, 7) is 1.59. The molecule has 0 atom stereocenters. The molecule has 1 aliphatic heterocycles. The molecule has 0 aliphatic carbocycles. The zero-order chi connectivity index (χ0) is 24.8.